The molecule has 0 aliphatic carbocycles. The van der Waals surface area contributed by atoms with Crippen molar-refractivity contribution in [3.63, 3.8) is 0 Å². The molecule has 0 aliphatic heterocycles. The number of rotatable bonds is 3. The summed E-state index contributed by atoms with van der Waals surface area (Å²) in [5.74, 6) is -2.08. The molecule has 0 atom stereocenters. The number of carbonyl (C=O) groups is 2. The molecule has 4 nitrogen and oxygen atoms in total. The van der Waals surface area contributed by atoms with E-state index in [1.165, 1.54) is 0 Å². The van der Waals surface area contributed by atoms with Crippen LogP contribution in [0.4, 0.5) is 0 Å². The zero-order valence-corrected chi connectivity index (χ0v) is 9.17. The van der Waals surface area contributed by atoms with E-state index < -0.39 is 11.9 Å². The maximum atomic E-state index is 10.3. The topological polar surface area (TPSA) is 66.4 Å². The van der Waals surface area contributed by atoms with Gasteiger partial charge in [-0.25, -0.2) is 4.79 Å². The van der Waals surface area contributed by atoms with E-state index in [2.05, 4.69) is 4.74 Å². The Morgan fingerprint density at radius 3 is 2.36 bits per heavy atom. The molecule has 57 valence electrons. The van der Waals surface area contributed by atoms with E-state index in [1.807, 2.05) is 0 Å². The molecule has 0 amide bonds. The monoisotopic (exact) mass is 207 g/mol. The Morgan fingerprint density at radius 1 is 1.45 bits per heavy atom. The zero-order valence-electron chi connectivity index (χ0n) is 6.20. The van der Waals surface area contributed by atoms with E-state index >= 15 is 0 Å². The Labute approximate surface area is 77.0 Å². The molecule has 0 N–H and O–H groups in total. The number of carbonyl (C=O) groups excluding carboxylic acids is 2. The summed E-state index contributed by atoms with van der Waals surface area (Å²) < 4.78 is 4.38. The fraction of sp³-hybridized carbons (Fsp3) is 0.333. The van der Waals surface area contributed by atoms with E-state index in [0.717, 1.165) is 6.08 Å². The molecule has 0 saturated heterocycles. The van der Waals surface area contributed by atoms with Crippen LogP contribution in [0.1, 0.15) is 6.92 Å². The predicted octanol–water partition coefficient (Wildman–Crippen LogP) is -1.15. The van der Waals surface area contributed by atoms with Crippen LogP contribution in [-0.2, 0) is 33.8 Å². The fourth-order valence-corrected chi connectivity index (χ4v) is 0.326. The van der Waals surface area contributed by atoms with Gasteiger partial charge >= 0.3 is 25.4 Å². The van der Waals surface area contributed by atoms with Gasteiger partial charge in [-0.05, 0) is 13.0 Å². The molecule has 0 bridgehead atoms. The molecular formula is C6H7O4Zn. The predicted molar refractivity (Wildman–Crippen MR) is 30.8 cm³/mol. The van der Waals surface area contributed by atoms with Gasteiger partial charge in [0.25, 0.3) is 0 Å². The molecule has 0 heterocycles. The van der Waals surface area contributed by atoms with Crippen molar-refractivity contribution in [2.24, 2.45) is 0 Å². The molecule has 0 unspecified atom stereocenters. The molecule has 0 saturated carbocycles. The van der Waals surface area contributed by atoms with Gasteiger partial charge in [-0.3, -0.25) is 0 Å². The van der Waals surface area contributed by atoms with Crippen LogP contribution >= 0.6 is 0 Å². The summed E-state index contributed by atoms with van der Waals surface area (Å²) in [6, 6.07) is 0. The summed E-state index contributed by atoms with van der Waals surface area (Å²) in [4.78, 5) is 20.0. The van der Waals surface area contributed by atoms with Crippen LogP contribution < -0.4 is 5.11 Å². The van der Waals surface area contributed by atoms with Crippen LogP contribution in [0.15, 0.2) is 12.2 Å². The van der Waals surface area contributed by atoms with Gasteiger partial charge in [0, 0.05) is 6.08 Å². The van der Waals surface area contributed by atoms with Crippen LogP contribution in [0.25, 0.3) is 0 Å². The van der Waals surface area contributed by atoms with E-state index in [-0.39, 0.29) is 26.1 Å². The Balaban J connectivity index is 0. The molecule has 0 rings (SSSR count). The minimum Gasteiger partial charge on any atom is -0.545 e. The Kier molecular flexibility index (Phi) is 8.71. The smallest absolute Gasteiger partial charge is 0.545 e. The third-order valence-corrected chi connectivity index (χ3v) is 0.642. The average molecular weight is 209 g/mol. The number of esters is 1. The van der Waals surface area contributed by atoms with Gasteiger partial charge in [0.05, 0.1) is 12.6 Å². The van der Waals surface area contributed by atoms with Crippen LogP contribution in [0.5, 0.6) is 0 Å². The number of hydrogen-bond acceptors (Lipinski definition) is 4. The van der Waals surface area contributed by atoms with Gasteiger partial charge in [0.1, 0.15) is 0 Å². The molecule has 0 aliphatic rings. The van der Waals surface area contributed by atoms with Gasteiger partial charge < -0.3 is 14.6 Å². The van der Waals surface area contributed by atoms with Crippen molar-refractivity contribution >= 4 is 11.9 Å². The molecule has 0 aromatic carbocycles. The first-order valence-corrected chi connectivity index (χ1v) is 2.72. The average Bonchev–Trinajstić information content (AvgIpc) is 1.85. The van der Waals surface area contributed by atoms with Gasteiger partial charge in [0.2, 0.25) is 0 Å². The molecule has 0 aromatic rings. The fourth-order valence-electron chi connectivity index (χ4n) is 0.326. The maximum absolute atomic E-state index is 10.3. The third kappa shape index (κ3) is 9.30. The second-order valence-corrected chi connectivity index (χ2v) is 1.40. The number of carboxylic acid groups (broad SMARTS) is 1. The second-order valence-electron chi connectivity index (χ2n) is 1.40. The van der Waals surface area contributed by atoms with Gasteiger partial charge in [-0.1, -0.05) is 0 Å². The van der Waals surface area contributed by atoms with E-state index in [0.29, 0.717) is 6.08 Å². The standard InChI is InChI=1S/C6H8O4.Zn/c1-2-10-6(9)4-3-5(7)8;/h3-4H,2H2,1H3,(H,7,8);/q;+1/p-1/b4-3+;. The molecular weight excluding hydrogens is 201 g/mol. The van der Waals surface area contributed by atoms with Crippen molar-refractivity contribution in [2.75, 3.05) is 6.61 Å². The minimum absolute atomic E-state index is 0. The zero-order chi connectivity index (χ0) is 7.98. The summed E-state index contributed by atoms with van der Waals surface area (Å²) in [7, 11) is 0. The second kappa shape index (κ2) is 7.41. The Bertz CT molecular complexity index is 164. The van der Waals surface area contributed by atoms with Crippen molar-refractivity contribution in [1.82, 2.24) is 0 Å². The summed E-state index contributed by atoms with van der Waals surface area (Å²) >= 11 is 0. The first-order valence-electron chi connectivity index (χ1n) is 2.72. The summed E-state index contributed by atoms with van der Waals surface area (Å²) in [6.07, 6.45) is 1.43. The Hall–Kier alpha value is -0.697. The van der Waals surface area contributed by atoms with Crippen molar-refractivity contribution in [1.29, 1.82) is 0 Å². The molecule has 0 spiro atoms. The van der Waals surface area contributed by atoms with Gasteiger partial charge in [0.15, 0.2) is 0 Å². The molecule has 11 heavy (non-hydrogen) atoms. The van der Waals surface area contributed by atoms with Crippen LogP contribution in [0.2, 0.25) is 0 Å². The number of aliphatic carboxylic acids is 1. The van der Waals surface area contributed by atoms with Crippen molar-refractivity contribution < 1.29 is 38.9 Å². The van der Waals surface area contributed by atoms with Crippen molar-refractivity contribution in [3.05, 3.63) is 12.2 Å². The summed E-state index contributed by atoms with van der Waals surface area (Å²) in [5.41, 5.74) is 0. The molecule has 0 fully saturated rings. The summed E-state index contributed by atoms with van der Waals surface area (Å²) in [6.45, 7) is 1.86. The van der Waals surface area contributed by atoms with Crippen LogP contribution in [0.3, 0.4) is 0 Å². The number of hydrogen-bond donors (Lipinski definition) is 0. The SMILES string of the molecule is CCOC(=O)/C=C/C(=O)[O-].[Zn+]. The van der Waals surface area contributed by atoms with Crippen LogP contribution in [-0.4, -0.2) is 18.5 Å². The normalized spacial score (nSPS) is 8.82. The van der Waals surface area contributed by atoms with E-state index in [4.69, 9.17) is 0 Å². The summed E-state index contributed by atoms with van der Waals surface area (Å²) in [5, 5.41) is 9.70. The van der Waals surface area contributed by atoms with E-state index in [1.54, 1.807) is 6.92 Å². The maximum Gasteiger partial charge on any atom is 1.00 e. The van der Waals surface area contributed by atoms with Crippen molar-refractivity contribution in [2.45, 2.75) is 6.92 Å². The Morgan fingerprint density at radius 2 is 2.00 bits per heavy atom. The quantitative estimate of drug-likeness (QED) is 0.334. The molecule has 1 radical (unpaired) electrons. The van der Waals surface area contributed by atoms with Crippen molar-refractivity contribution in [3.8, 4) is 0 Å². The molecule has 5 heteroatoms. The number of carboxylic acids is 1. The van der Waals surface area contributed by atoms with Gasteiger partial charge in [-0.15, -0.1) is 0 Å². The first-order chi connectivity index (χ1) is 4.66. The first kappa shape index (κ1) is 12.9. The van der Waals surface area contributed by atoms with Gasteiger partial charge in [-0.2, -0.15) is 0 Å². The third-order valence-electron chi connectivity index (χ3n) is 0.642. The molecule has 0 aromatic heterocycles. The largest absolute Gasteiger partial charge is 1.00 e. The minimum atomic E-state index is -1.41. The van der Waals surface area contributed by atoms with E-state index in [9.17, 15) is 14.7 Å². The van der Waals surface area contributed by atoms with Crippen LogP contribution in [0, 0.1) is 0 Å². The number of ether oxygens (including phenoxy) is 1.